The van der Waals surface area contributed by atoms with Crippen molar-refractivity contribution in [3.05, 3.63) is 83.6 Å². The monoisotopic (exact) mass is 377 g/mol. The highest BCUT2D eigenvalue weighted by Gasteiger charge is 2.16. The van der Waals surface area contributed by atoms with Gasteiger partial charge in [-0.3, -0.25) is 14.4 Å². The molecule has 0 aromatic heterocycles. The van der Waals surface area contributed by atoms with Crippen LogP contribution >= 0.6 is 0 Å². The van der Waals surface area contributed by atoms with Gasteiger partial charge < -0.3 is 16.0 Å². The van der Waals surface area contributed by atoms with Gasteiger partial charge in [0, 0.05) is 13.5 Å². The number of carbonyl (C=O) groups is 3. The lowest BCUT2D eigenvalue weighted by molar-refractivity contribution is -0.120. The first kappa shape index (κ1) is 20.6. The number of amides is 3. The Morgan fingerprint density at radius 2 is 1.71 bits per heavy atom. The van der Waals surface area contributed by atoms with Crippen LogP contribution < -0.4 is 16.0 Å². The van der Waals surface area contributed by atoms with Gasteiger partial charge in [-0.2, -0.15) is 0 Å². The Bertz CT molecular complexity index is 932. The van der Waals surface area contributed by atoms with Gasteiger partial charge in [0.2, 0.25) is 5.91 Å². The molecule has 0 atom stereocenters. The molecular formula is C22H23N3O3. The average Bonchev–Trinajstić information content (AvgIpc) is 2.67. The second kappa shape index (κ2) is 9.87. The van der Waals surface area contributed by atoms with E-state index in [1.807, 2.05) is 31.2 Å². The van der Waals surface area contributed by atoms with Crippen molar-refractivity contribution < 1.29 is 14.4 Å². The van der Waals surface area contributed by atoms with Crippen molar-refractivity contribution in [2.45, 2.75) is 13.8 Å². The predicted molar refractivity (Wildman–Crippen MR) is 111 cm³/mol. The summed E-state index contributed by atoms with van der Waals surface area (Å²) in [6.45, 7) is 7.11. The maximum absolute atomic E-state index is 12.8. The number of rotatable bonds is 7. The summed E-state index contributed by atoms with van der Waals surface area (Å²) >= 11 is 0. The summed E-state index contributed by atoms with van der Waals surface area (Å²) in [6, 6.07) is 14.1. The number of para-hydroxylation sites is 1. The average molecular weight is 377 g/mol. The third-order valence-electron chi connectivity index (χ3n) is 3.87. The van der Waals surface area contributed by atoms with Crippen molar-refractivity contribution in [3.8, 4) is 0 Å². The molecule has 2 aromatic carbocycles. The van der Waals surface area contributed by atoms with Gasteiger partial charge in [0.05, 0.1) is 11.3 Å². The zero-order valence-electron chi connectivity index (χ0n) is 15.9. The van der Waals surface area contributed by atoms with Gasteiger partial charge in [0.15, 0.2) is 0 Å². The molecule has 0 fully saturated rings. The van der Waals surface area contributed by atoms with Crippen LogP contribution in [0.1, 0.15) is 28.4 Å². The molecule has 0 aliphatic carbocycles. The molecule has 0 heterocycles. The summed E-state index contributed by atoms with van der Waals surface area (Å²) in [5, 5.41) is 7.94. The Morgan fingerprint density at radius 1 is 1.04 bits per heavy atom. The van der Waals surface area contributed by atoms with Crippen LogP contribution in [-0.2, 0) is 9.59 Å². The van der Waals surface area contributed by atoms with E-state index < -0.39 is 5.91 Å². The molecule has 0 radical (unpaired) electrons. The molecule has 0 spiro atoms. The van der Waals surface area contributed by atoms with E-state index in [1.54, 1.807) is 36.4 Å². The van der Waals surface area contributed by atoms with E-state index in [0.29, 0.717) is 17.8 Å². The molecule has 2 aromatic rings. The van der Waals surface area contributed by atoms with Crippen molar-refractivity contribution in [2.75, 3.05) is 11.9 Å². The molecule has 2 rings (SSSR count). The van der Waals surface area contributed by atoms with Gasteiger partial charge in [0.1, 0.15) is 5.70 Å². The summed E-state index contributed by atoms with van der Waals surface area (Å²) in [5.41, 5.74) is 2.51. The maximum atomic E-state index is 12.8. The molecule has 6 nitrogen and oxygen atoms in total. The molecule has 0 aliphatic rings. The largest absolute Gasteiger partial charge is 0.349 e. The van der Waals surface area contributed by atoms with Crippen LogP contribution in [0.5, 0.6) is 0 Å². The van der Waals surface area contributed by atoms with Gasteiger partial charge in [0.25, 0.3) is 11.8 Å². The maximum Gasteiger partial charge on any atom is 0.272 e. The SMILES string of the molecule is C=CCNC(=O)c1ccccc1NC(=O)C(=Cc1ccccc1C)NC(C)=O. The molecule has 0 unspecified atom stereocenters. The lowest BCUT2D eigenvalue weighted by Crippen LogP contribution is -2.30. The zero-order chi connectivity index (χ0) is 20.5. The highest BCUT2D eigenvalue weighted by Crippen LogP contribution is 2.17. The van der Waals surface area contributed by atoms with Crippen LogP contribution in [0.2, 0.25) is 0 Å². The fourth-order valence-corrected chi connectivity index (χ4v) is 2.49. The molecule has 0 saturated carbocycles. The Balaban J connectivity index is 2.32. The van der Waals surface area contributed by atoms with Crippen molar-refractivity contribution in [2.24, 2.45) is 0 Å². The van der Waals surface area contributed by atoms with Gasteiger partial charge >= 0.3 is 0 Å². The summed E-state index contributed by atoms with van der Waals surface area (Å²) in [7, 11) is 0. The van der Waals surface area contributed by atoms with E-state index in [0.717, 1.165) is 11.1 Å². The van der Waals surface area contributed by atoms with Crippen LogP contribution in [0.25, 0.3) is 6.08 Å². The number of hydrogen-bond acceptors (Lipinski definition) is 3. The topological polar surface area (TPSA) is 87.3 Å². The lowest BCUT2D eigenvalue weighted by atomic mass is 10.1. The molecule has 3 N–H and O–H groups in total. The van der Waals surface area contributed by atoms with Gasteiger partial charge in [-0.05, 0) is 36.3 Å². The Labute approximate surface area is 164 Å². The second-order valence-electron chi connectivity index (χ2n) is 6.09. The highest BCUT2D eigenvalue weighted by atomic mass is 16.2. The van der Waals surface area contributed by atoms with Crippen molar-refractivity contribution >= 4 is 29.5 Å². The third-order valence-corrected chi connectivity index (χ3v) is 3.87. The van der Waals surface area contributed by atoms with Gasteiger partial charge in [-0.15, -0.1) is 6.58 Å². The van der Waals surface area contributed by atoms with E-state index in [4.69, 9.17) is 0 Å². The van der Waals surface area contributed by atoms with Crippen LogP contribution in [0.4, 0.5) is 5.69 Å². The second-order valence-corrected chi connectivity index (χ2v) is 6.09. The van der Waals surface area contributed by atoms with Gasteiger partial charge in [-0.25, -0.2) is 0 Å². The van der Waals surface area contributed by atoms with E-state index in [1.165, 1.54) is 6.92 Å². The first-order valence-corrected chi connectivity index (χ1v) is 8.76. The molecule has 0 saturated heterocycles. The Hall–Kier alpha value is -3.67. The minimum atomic E-state index is -0.526. The van der Waals surface area contributed by atoms with E-state index >= 15 is 0 Å². The lowest BCUT2D eigenvalue weighted by Gasteiger charge is -2.13. The van der Waals surface area contributed by atoms with Crippen molar-refractivity contribution in [1.82, 2.24) is 10.6 Å². The zero-order valence-corrected chi connectivity index (χ0v) is 15.9. The first-order chi connectivity index (χ1) is 13.4. The van der Waals surface area contributed by atoms with Crippen molar-refractivity contribution in [1.29, 1.82) is 0 Å². The number of anilines is 1. The number of hydrogen-bond donors (Lipinski definition) is 3. The van der Waals surface area contributed by atoms with Crippen LogP contribution in [0.15, 0.2) is 66.9 Å². The smallest absolute Gasteiger partial charge is 0.272 e. The van der Waals surface area contributed by atoms with Crippen molar-refractivity contribution in [3.63, 3.8) is 0 Å². The number of carbonyl (C=O) groups excluding carboxylic acids is 3. The molecule has 0 aliphatic heterocycles. The molecular weight excluding hydrogens is 354 g/mol. The summed E-state index contributed by atoms with van der Waals surface area (Å²) in [6.07, 6.45) is 3.17. The summed E-state index contributed by atoms with van der Waals surface area (Å²) < 4.78 is 0. The van der Waals surface area contributed by atoms with Crippen LogP contribution in [-0.4, -0.2) is 24.3 Å². The Morgan fingerprint density at radius 3 is 2.39 bits per heavy atom. The van der Waals surface area contributed by atoms with E-state index in [-0.39, 0.29) is 17.5 Å². The summed E-state index contributed by atoms with van der Waals surface area (Å²) in [5.74, 6) is -1.23. The third kappa shape index (κ3) is 5.67. The van der Waals surface area contributed by atoms with Crippen LogP contribution in [0.3, 0.4) is 0 Å². The Kier molecular flexibility index (Phi) is 7.28. The first-order valence-electron chi connectivity index (χ1n) is 8.76. The van der Waals surface area contributed by atoms with E-state index in [9.17, 15) is 14.4 Å². The summed E-state index contributed by atoms with van der Waals surface area (Å²) in [4.78, 5) is 36.7. The molecule has 28 heavy (non-hydrogen) atoms. The highest BCUT2D eigenvalue weighted by molar-refractivity contribution is 6.11. The molecule has 0 bridgehead atoms. The standard InChI is InChI=1S/C22H23N3O3/c1-4-13-23-21(27)18-11-7-8-12-19(18)25-22(28)20(24-16(3)26)14-17-10-6-5-9-15(17)2/h4-12,14H,1,13H2,2-3H3,(H,23,27)(H,24,26)(H,25,28). The number of aryl methyl sites for hydroxylation is 1. The van der Waals surface area contributed by atoms with Crippen LogP contribution in [0, 0.1) is 6.92 Å². The van der Waals surface area contributed by atoms with E-state index in [2.05, 4.69) is 22.5 Å². The quantitative estimate of drug-likeness (QED) is 0.512. The fraction of sp³-hybridized carbons (Fsp3) is 0.136. The molecule has 6 heteroatoms. The van der Waals surface area contributed by atoms with Gasteiger partial charge in [-0.1, -0.05) is 42.5 Å². The minimum absolute atomic E-state index is 0.0862. The molecule has 3 amide bonds. The fourth-order valence-electron chi connectivity index (χ4n) is 2.49. The number of nitrogens with one attached hydrogen (secondary N) is 3. The minimum Gasteiger partial charge on any atom is -0.349 e. The predicted octanol–water partition coefficient (Wildman–Crippen LogP) is 3.03. The number of benzene rings is 2. The normalized spacial score (nSPS) is 10.7. The molecule has 144 valence electrons.